The van der Waals surface area contributed by atoms with E-state index >= 15 is 0 Å². The van der Waals surface area contributed by atoms with Gasteiger partial charge >= 0.3 is 5.97 Å². The number of hydrogen-bond donors (Lipinski definition) is 0. The zero-order valence-corrected chi connectivity index (χ0v) is 13.6. The highest BCUT2D eigenvalue weighted by Crippen LogP contribution is 2.40. The molecule has 0 saturated carbocycles. The molecule has 2 rings (SSSR count). The van der Waals surface area contributed by atoms with Crippen LogP contribution in [0.4, 0.5) is 11.4 Å². The van der Waals surface area contributed by atoms with Crippen LogP contribution in [-0.4, -0.2) is 5.97 Å². The Hall–Kier alpha value is -1.42. The lowest BCUT2D eigenvalue weighted by molar-refractivity contribution is -0.131. The molecule has 0 N–H and O–H groups in total. The van der Waals surface area contributed by atoms with Crippen molar-refractivity contribution in [3.8, 4) is 5.75 Å². The molecule has 21 heavy (non-hydrogen) atoms. The summed E-state index contributed by atoms with van der Waals surface area (Å²) in [7, 11) is 0. The van der Waals surface area contributed by atoms with Crippen molar-refractivity contribution in [3.63, 3.8) is 0 Å². The van der Waals surface area contributed by atoms with Crippen LogP contribution < -0.4 is 9.16 Å². The Morgan fingerprint density at radius 2 is 1.76 bits per heavy atom. The molecule has 6 heteroatoms. The molecule has 0 bridgehead atoms. The van der Waals surface area contributed by atoms with Gasteiger partial charge in [0, 0.05) is 18.7 Å². The molecule has 2 aromatic carbocycles. The van der Waals surface area contributed by atoms with Gasteiger partial charge < -0.3 is 4.74 Å². The van der Waals surface area contributed by atoms with Crippen LogP contribution in [0.5, 0.6) is 5.75 Å². The molecule has 0 spiro atoms. The molecule has 2 aromatic rings. The van der Waals surface area contributed by atoms with E-state index in [0.29, 0.717) is 27.2 Å². The first-order valence-electron chi connectivity index (χ1n) is 6.09. The third-order valence-electron chi connectivity index (χ3n) is 2.85. The van der Waals surface area contributed by atoms with Crippen molar-refractivity contribution in [2.24, 2.45) is 0 Å². The van der Waals surface area contributed by atoms with E-state index in [-0.39, 0.29) is 0 Å². The summed E-state index contributed by atoms with van der Waals surface area (Å²) in [4.78, 5) is 11.2. The number of carbonyl (C=O) groups excluding carboxylic acids is 1. The van der Waals surface area contributed by atoms with Gasteiger partial charge in [0.25, 0.3) is 0 Å². The summed E-state index contributed by atoms with van der Waals surface area (Å²) in [6, 6.07) is 10.4. The highest BCUT2D eigenvalue weighted by Gasteiger charge is 2.17. The van der Waals surface area contributed by atoms with Crippen molar-refractivity contribution >= 4 is 52.3 Å². The van der Waals surface area contributed by atoms with Crippen LogP contribution in [0.1, 0.15) is 12.5 Å². The monoisotopic (exact) mass is 343 g/mol. The summed E-state index contributed by atoms with van der Waals surface area (Å²) >= 11 is 18.5. The lowest BCUT2D eigenvalue weighted by Gasteiger charge is -2.21. The zero-order valence-electron chi connectivity index (χ0n) is 11.4. The molecular weight excluding hydrogens is 333 g/mol. The lowest BCUT2D eigenvalue weighted by Crippen LogP contribution is -2.09. The molecular formula is C15H12Cl3NO2. The molecule has 0 aliphatic carbocycles. The first-order valence-corrected chi connectivity index (χ1v) is 7.19. The second kappa shape index (κ2) is 6.56. The maximum Gasteiger partial charge on any atom is 0.308 e. The quantitative estimate of drug-likeness (QED) is 0.417. The normalized spacial score (nSPS) is 10.3. The Kier molecular flexibility index (Phi) is 4.99. The van der Waals surface area contributed by atoms with Gasteiger partial charge in [0.05, 0.1) is 15.7 Å². The minimum Gasteiger partial charge on any atom is -0.424 e. The van der Waals surface area contributed by atoms with Crippen LogP contribution in [0.3, 0.4) is 0 Å². The Labute approximate surface area is 138 Å². The van der Waals surface area contributed by atoms with E-state index in [9.17, 15) is 4.79 Å². The molecule has 0 heterocycles. The lowest BCUT2D eigenvalue weighted by atomic mass is 10.2. The minimum absolute atomic E-state index is 0.366. The third-order valence-corrected chi connectivity index (χ3v) is 4.12. The fraction of sp³-hybridized carbons (Fsp3) is 0.133. The summed E-state index contributed by atoms with van der Waals surface area (Å²) < 4.78 is 6.54. The Morgan fingerprint density at radius 3 is 2.43 bits per heavy atom. The predicted octanol–water partition coefficient (Wildman–Crippen LogP) is 5.52. The van der Waals surface area contributed by atoms with Crippen molar-refractivity contribution in [1.82, 2.24) is 0 Å². The molecule has 0 aromatic heterocycles. The number of nitrogens with zero attached hydrogens (tertiary/aromatic N) is 1. The molecule has 0 aliphatic rings. The van der Waals surface area contributed by atoms with Crippen LogP contribution in [0.25, 0.3) is 0 Å². The molecule has 0 radical (unpaired) electrons. The molecule has 110 valence electrons. The number of esters is 1. The maximum absolute atomic E-state index is 11.2. The van der Waals surface area contributed by atoms with E-state index in [0.717, 1.165) is 5.56 Å². The largest absolute Gasteiger partial charge is 0.424 e. The van der Waals surface area contributed by atoms with E-state index in [1.807, 2.05) is 6.92 Å². The summed E-state index contributed by atoms with van der Waals surface area (Å²) in [5.41, 5.74) is 1.93. The predicted molar refractivity (Wildman–Crippen MR) is 86.9 cm³/mol. The van der Waals surface area contributed by atoms with Crippen molar-refractivity contribution in [2.45, 2.75) is 13.8 Å². The van der Waals surface area contributed by atoms with E-state index in [1.54, 1.807) is 36.4 Å². The standard InChI is InChI=1S/C15H12Cl3NO2/c1-9-12(8-7-11(16)15(9)17)19(18)13-5-3-4-6-14(13)21-10(2)20/h3-8H,1-2H3. The van der Waals surface area contributed by atoms with E-state index in [1.165, 1.54) is 11.3 Å². The number of benzene rings is 2. The van der Waals surface area contributed by atoms with Gasteiger partial charge in [0.15, 0.2) is 5.75 Å². The van der Waals surface area contributed by atoms with Gasteiger partial charge in [-0.15, -0.1) is 0 Å². The molecule has 0 aliphatic heterocycles. The first kappa shape index (κ1) is 16.0. The highest BCUT2D eigenvalue weighted by molar-refractivity contribution is 6.43. The molecule has 0 saturated heterocycles. The summed E-state index contributed by atoms with van der Waals surface area (Å²) in [5, 5.41) is 0.890. The second-order valence-electron chi connectivity index (χ2n) is 4.35. The van der Waals surface area contributed by atoms with Crippen molar-refractivity contribution in [2.75, 3.05) is 4.42 Å². The highest BCUT2D eigenvalue weighted by atomic mass is 35.5. The molecule has 0 fully saturated rings. The van der Waals surface area contributed by atoms with Crippen LogP contribution in [0, 0.1) is 6.92 Å². The van der Waals surface area contributed by atoms with Crippen LogP contribution in [0.15, 0.2) is 36.4 Å². The number of para-hydroxylation sites is 2. The zero-order chi connectivity index (χ0) is 15.6. The van der Waals surface area contributed by atoms with Gasteiger partial charge in [-0.1, -0.05) is 35.3 Å². The SMILES string of the molecule is CC(=O)Oc1ccccc1N(Cl)c1ccc(Cl)c(Cl)c1C. The van der Waals surface area contributed by atoms with Gasteiger partial charge in [-0.05, 0) is 36.8 Å². The Bertz CT molecular complexity index is 689. The van der Waals surface area contributed by atoms with Gasteiger partial charge in [-0.2, -0.15) is 0 Å². The van der Waals surface area contributed by atoms with Gasteiger partial charge in [-0.25, -0.2) is 4.42 Å². The topological polar surface area (TPSA) is 29.5 Å². The van der Waals surface area contributed by atoms with Crippen LogP contribution >= 0.6 is 35.0 Å². The number of rotatable bonds is 3. The van der Waals surface area contributed by atoms with Crippen LogP contribution in [0.2, 0.25) is 10.0 Å². The third kappa shape index (κ3) is 3.43. The Balaban J connectivity index is 2.48. The van der Waals surface area contributed by atoms with Crippen molar-refractivity contribution < 1.29 is 9.53 Å². The summed E-state index contributed by atoms with van der Waals surface area (Å²) in [6.07, 6.45) is 0. The number of ether oxygens (including phenoxy) is 1. The number of anilines is 2. The van der Waals surface area contributed by atoms with Crippen molar-refractivity contribution in [3.05, 3.63) is 52.0 Å². The molecule has 3 nitrogen and oxygen atoms in total. The summed E-state index contributed by atoms with van der Waals surface area (Å²) in [5.74, 6) is -0.0520. The maximum atomic E-state index is 11.2. The Morgan fingerprint density at radius 1 is 1.10 bits per heavy atom. The minimum atomic E-state index is -0.418. The number of hydrogen-bond acceptors (Lipinski definition) is 3. The van der Waals surface area contributed by atoms with Crippen molar-refractivity contribution in [1.29, 1.82) is 0 Å². The first-order chi connectivity index (χ1) is 9.91. The fourth-order valence-corrected chi connectivity index (χ4v) is 2.53. The molecule has 0 amide bonds. The van der Waals surface area contributed by atoms with Gasteiger partial charge in [-0.3, -0.25) is 4.79 Å². The second-order valence-corrected chi connectivity index (χ2v) is 5.47. The van der Waals surface area contributed by atoms with Gasteiger partial charge in [0.2, 0.25) is 0 Å². The van der Waals surface area contributed by atoms with E-state index in [4.69, 9.17) is 39.7 Å². The summed E-state index contributed by atoms with van der Waals surface area (Å²) in [6.45, 7) is 3.15. The smallest absolute Gasteiger partial charge is 0.308 e. The van der Waals surface area contributed by atoms with Crippen LogP contribution in [-0.2, 0) is 4.79 Å². The number of carbonyl (C=O) groups is 1. The van der Waals surface area contributed by atoms with E-state index < -0.39 is 5.97 Å². The van der Waals surface area contributed by atoms with Gasteiger partial charge in [0.1, 0.15) is 5.69 Å². The average Bonchev–Trinajstić information content (AvgIpc) is 2.44. The molecule has 0 atom stereocenters. The number of halogens is 3. The van der Waals surface area contributed by atoms with E-state index in [2.05, 4.69) is 0 Å². The fourth-order valence-electron chi connectivity index (χ4n) is 1.84. The molecule has 0 unspecified atom stereocenters. The average molecular weight is 345 g/mol.